The predicted molar refractivity (Wildman–Crippen MR) is 107 cm³/mol. The predicted octanol–water partition coefficient (Wildman–Crippen LogP) is 7.90. The molecule has 0 saturated heterocycles. The number of hydrogen-bond acceptors (Lipinski definition) is 0. The standard InChI is InChI=1S/C24H42F2/c1-23(2,17-9-6-5-7-10-17)18-13-15-19(16-14-18)24(3,4)20-11-8-12-21(25)22(20)26/h17-22H,5-16H2,1-4H3. The molecule has 0 aromatic carbocycles. The van der Waals surface area contributed by atoms with Crippen LogP contribution in [0.25, 0.3) is 0 Å². The summed E-state index contributed by atoms with van der Waals surface area (Å²) >= 11 is 0. The van der Waals surface area contributed by atoms with Gasteiger partial charge in [0.25, 0.3) is 0 Å². The van der Waals surface area contributed by atoms with Crippen LogP contribution >= 0.6 is 0 Å². The minimum absolute atomic E-state index is 0.0653. The molecule has 3 rings (SSSR count). The molecule has 0 amide bonds. The number of alkyl halides is 2. The van der Waals surface area contributed by atoms with Crippen molar-refractivity contribution in [2.24, 2.45) is 34.5 Å². The van der Waals surface area contributed by atoms with Crippen molar-refractivity contribution in [3.8, 4) is 0 Å². The smallest absolute Gasteiger partial charge is 0.134 e. The zero-order chi connectivity index (χ0) is 18.9. The Morgan fingerprint density at radius 3 is 1.62 bits per heavy atom. The van der Waals surface area contributed by atoms with Gasteiger partial charge < -0.3 is 0 Å². The second-order valence-electron chi connectivity index (χ2n) is 11.0. The average Bonchev–Trinajstić information content (AvgIpc) is 2.64. The molecule has 0 heterocycles. The highest BCUT2D eigenvalue weighted by Gasteiger charge is 2.48. The van der Waals surface area contributed by atoms with Gasteiger partial charge in [0.15, 0.2) is 0 Å². The molecule has 3 aliphatic carbocycles. The molecule has 0 spiro atoms. The van der Waals surface area contributed by atoms with Crippen molar-refractivity contribution in [3.05, 3.63) is 0 Å². The molecule has 3 aliphatic rings. The first-order chi connectivity index (χ1) is 12.2. The van der Waals surface area contributed by atoms with Gasteiger partial charge in [-0.25, -0.2) is 8.78 Å². The van der Waals surface area contributed by atoms with Crippen molar-refractivity contribution in [2.75, 3.05) is 0 Å². The van der Waals surface area contributed by atoms with E-state index in [9.17, 15) is 8.78 Å². The maximum Gasteiger partial charge on any atom is 0.134 e. The Bertz CT molecular complexity index is 441. The first-order valence-corrected chi connectivity index (χ1v) is 11.5. The normalized spacial score (nSPS) is 38.3. The molecule has 3 unspecified atom stereocenters. The molecule has 26 heavy (non-hydrogen) atoms. The summed E-state index contributed by atoms with van der Waals surface area (Å²) in [5, 5.41) is 0. The Balaban J connectivity index is 1.60. The van der Waals surface area contributed by atoms with Crippen molar-refractivity contribution >= 4 is 0 Å². The molecule has 2 heteroatoms. The summed E-state index contributed by atoms with van der Waals surface area (Å²) in [6.45, 7) is 9.51. The van der Waals surface area contributed by atoms with Crippen LogP contribution in [0.15, 0.2) is 0 Å². The summed E-state index contributed by atoms with van der Waals surface area (Å²) in [5.41, 5.74) is 0.386. The maximum atomic E-state index is 14.6. The molecule has 0 aliphatic heterocycles. The Labute approximate surface area is 160 Å². The first kappa shape index (κ1) is 20.6. The molecule has 152 valence electrons. The fourth-order valence-corrected chi connectivity index (χ4v) is 6.95. The summed E-state index contributed by atoms with van der Waals surface area (Å²) in [4.78, 5) is 0. The molecule has 3 atom stereocenters. The summed E-state index contributed by atoms with van der Waals surface area (Å²) in [6.07, 6.45) is 11.8. The van der Waals surface area contributed by atoms with Crippen molar-refractivity contribution in [1.29, 1.82) is 0 Å². The molecule has 3 saturated carbocycles. The molecule has 0 radical (unpaired) electrons. The van der Waals surface area contributed by atoms with Crippen LogP contribution < -0.4 is 0 Å². The van der Waals surface area contributed by atoms with E-state index in [0.717, 1.165) is 24.7 Å². The highest BCUT2D eigenvalue weighted by Crippen LogP contribution is 2.54. The highest BCUT2D eigenvalue weighted by atomic mass is 19.2. The zero-order valence-electron chi connectivity index (χ0n) is 17.7. The van der Waals surface area contributed by atoms with Gasteiger partial charge >= 0.3 is 0 Å². The van der Waals surface area contributed by atoms with Gasteiger partial charge in [-0.2, -0.15) is 0 Å². The van der Waals surface area contributed by atoms with Crippen LogP contribution in [0.4, 0.5) is 8.78 Å². The van der Waals surface area contributed by atoms with Crippen LogP contribution in [-0.2, 0) is 0 Å². The van der Waals surface area contributed by atoms with Crippen LogP contribution in [0, 0.1) is 34.5 Å². The van der Waals surface area contributed by atoms with E-state index in [0.29, 0.717) is 17.8 Å². The Hall–Kier alpha value is -0.140. The Morgan fingerprint density at radius 2 is 1.04 bits per heavy atom. The van der Waals surface area contributed by atoms with Gasteiger partial charge in [-0.3, -0.25) is 0 Å². The Kier molecular flexibility index (Phi) is 6.40. The summed E-state index contributed by atoms with van der Waals surface area (Å²) in [7, 11) is 0. The maximum absolute atomic E-state index is 14.6. The van der Waals surface area contributed by atoms with E-state index in [1.165, 1.54) is 57.8 Å². The summed E-state index contributed by atoms with van der Waals surface area (Å²) in [5.74, 6) is 2.19. The third kappa shape index (κ3) is 4.00. The van der Waals surface area contributed by atoms with Gasteiger partial charge in [0.05, 0.1) is 0 Å². The van der Waals surface area contributed by atoms with Crippen LogP contribution in [-0.4, -0.2) is 12.3 Å². The van der Waals surface area contributed by atoms with Crippen molar-refractivity contribution < 1.29 is 8.78 Å². The van der Waals surface area contributed by atoms with E-state index in [2.05, 4.69) is 27.7 Å². The van der Waals surface area contributed by atoms with Gasteiger partial charge in [0.2, 0.25) is 0 Å². The van der Waals surface area contributed by atoms with Crippen LogP contribution in [0.1, 0.15) is 105 Å². The Morgan fingerprint density at radius 1 is 0.538 bits per heavy atom. The molecule has 0 bridgehead atoms. The molecule has 3 fully saturated rings. The summed E-state index contributed by atoms with van der Waals surface area (Å²) < 4.78 is 28.6. The fraction of sp³-hybridized carbons (Fsp3) is 1.00. The first-order valence-electron chi connectivity index (χ1n) is 11.5. The quantitative estimate of drug-likeness (QED) is 0.473. The zero-order valence-corrected chi connectivity index (χ0v) is 17.7. The van der Waals surface area contributed by atoms with Gasteiger partial charge in [-0.1, -0.05) is 53.4 Å². The van der Waals surface area contributed by atoms with E-state index in [-0.39, 0.29) is 11.3 Å². The number of hydrogen-bond donors (Lipinski definition) is 0. The second kappa shape index (κ2) is 8.08. The second-order valence-corrected chi connectivity index (χ2v) is 11.0. The summed E-state index contributed by atoms with van der Waals surface area (Å²) in [6, 6.07) is 0. The van der Waals surface area contributed by atoms with E-state index < -0.39 is 12.3 Å². The van der Waals surface area contributed by atoms with E-state index >= 15 is 0 Å². The molecular weight excluding hydrogens is 326 g/mol. The van der Waals surface area contributed by atoms with E-state index in [1.54, 1.807) is 0 Å². The highest BCUT2D eigenvalue weighted by molar-refractivity contribution is 4.97. The third-order valence-electron chi connectivity index (χ3n) is 9.17. The molecular formula is C24H42F2. The minimum Gasteiger partial charge on any atom is -0.244 e. The topological polar surface area (TPSA) is 0 Å². The third-order valence-corrected chi connectivity index (χ3v) is 9.17. The van der Waals surface area contributed by atoms with Crippen molar-refractivity contribution in [2.45, 2.75) is 117 Å². The SMILES string of the molecule is CC(C)(C1CCCCC1)C1CCC(C(C)(C)C2CCCC(F)C2F)CC1. The molecule has 0 nitrogen and oxygen atoms in total. The van der Waals surface area contributed by atoms with Crippen molar-refractivity contribution in [3.63, 3.8) is 0 Å². The molecule has 0 aromatic heterocycles. The van der Waals surface area contributed by atoms with Crippen LogP contribution in [0.2, 0.25) is 0 Å². The van der Waals surface area contributed by atoms with Gasteiger partial charge in [0, 0.05) is 0 Å². The van der Waals surface area contributed by atoms with E-state index in [4.69, 9.17) is 0 Å². The van der Waals surface area contributed by atoms with Gasteiger partial charge in [0.1, 0.15) is 12.3 Å². The lowest BCUT2D eigenvalue weighted by molar-refractivity contribution is -0.0451. The van der Waals surface area contributed by atoms with Gasteiger partial charge in [-0.15, -0.1) is 0 Å². The lowest BCUT2D eigenvalue weighted by atomic mass is 9.55. The minimum atomic E-state index is -1.24. The van der Waals surface area contributed by atoms with E-state index in [1.807, 2.05) is 0 Å². The number of rotatable bonds is 4. The van der Waals surface area contributed by atoms with Gasteiger partial charge in [-0.05, 0) is 85.9 Å². The van der Waals surface area contributed by atoms with Crippen molar-refractivity contribution in [1.82, 2.24) is 0 Å². The lowest BCUT2D eigenvalue weighted by Gasteiger charge is -2.50. The monoisotopic (exact) mass is 368 g/mol. The lowest BCUT2D eigenvalue weighted by Crippen LogP contribution is -2.45. The molecule has 0 N–H and O–H groups in total. The van der Waals surface area contributed by atoms with Crippen LogP contribution in [0.3, 0.4) is 0 Å². The largest absolute Gasteiger partial charge is 0.244 e. The molecule has 0 aromatic rings. The average molecular weight is 369 g/mol. The number of halogens is 2. The fourth-order valence-electron chi connectivity index (χ4n) is 6.95. The van der Waals surface area contributed by atoms with Crippen LogP contribution in [0.5, 0.6) is 0 Å².